The normalized spacial score (nSPS) is 13.7. The Labute approximate surface area is 148 Å². The maximum absolute atomic E-state index is 14.0. The molecule has 0 aliphatic carbocycles. The van der Waals surface area contributed by atoms with Crippen LogP contribution in [0, 0.1) is 5.82 Å². The van der Waals surface area contributed by atoms with Crippen LogP contribution in [0.2, 0.25) is 5.02 Å². The van der Waals surface area contributed by atoms with Gasteiger partial charge in [0.05, 0.1) is 15.9 Å². The standard InChI is InChI=1S/C19H18ClFN2O2/c1-2-3-5-11-8-16(24)23-7-4-6-22-15-10-13(20)14(21)9-12(15)18(25)17(11)19(22)23/h8-10H,2-7H2,1H3. The molecule has 4 rings (SSSR count). The minimum atomic E-state index is -0.599. The van der Waals surface area contributed by atoms with Gasteiger partial charge in [-0.1, -0.05) is 24.9 Å². The van der Waals surface area contributed by atoms with E-state index in [0.29, 0.717) is 41.4 Å². The molecule has 1 aliphatic heterocycles. The number of aryl methyl sites for hydroxylation is 3. The molecule has 1 aliphatic rings. The number of aromatic nitrogens is 2. The number of benzene rings is 1. The Morgan fingerprint density at radius 2 is 1.92 bits per heavy atom. The monoisotopic (exact) mass is 360 g/mol. The summed E-state index contributed by atoms with van der Waals surface area (Å²) in [5.41, 5.74) is 1.68. The van der Waals surface area contributed by atoms with E-state index in [1.165, 1.54) is 12.1 Å². The van der Waals surface area contributed by atoms with Gasteiger partial charge < -0.3 is 4.57 Å². The molecule has 0 saturated carbocycles. The van der Waals surface area contributed by atoms with Crippen molar-refractivity contribution in [2.45, 2.75) is 45.7 Å². The quantitative estimate of drug-likeness (QED) is 0.666. The zero-order valence-corrected chi connectivity index (χ0v) is 14.7. The number of hydrogen-bond acceptors (Lipinski definition) is 2. The Morgan fingerprint density at radius 3 is 2.68 bits per heavy atom. The van der Waals surface area contributed by atoms with Gasteiger partial charge in [-0.05, 0) is 37.0 Å². The van der Waals surface area contributed by atoms with E-state index in [1.807, 2.05) is 4.57 Å². The molecule has 0 saturated heterocycles. The lowest BCUT2D eigenvalue weighted by Gasteiger charge is -2.24. The Balaban J connectivity index is 2.25. The second kappa shape index (κ2) is 5.99. The third-order valence-corrected chi connectivity index (χ3v) is 5.27. The Morgan fingerprint density at radius 1 is 1.16 bits per heavy atom. The molecule has 3 heterocycles. The summed E-state index contributed by atoms with van der Waals surface area (Å²) in [6.45, 7) is 3.33. The van der Waals surface area contributed by atoms with Crippen molar-refractivity contribution in [3.05, 3.63) is 55.2 Å². The summed E-state index contributed by atoms with van der Waals surface area (Å²) < 4.78 is 17.6. The van der Waals surface area contributed by atoms with Crippen molar-refractivity contribution in [3.63, 3.8) is 0 Å². The average Bonchev–Trinajstić information content (AvgIpc) is 2.60. The van der Waals surface area contributed by atoms with E-state index in [2.05, 4.69) is 6.92 Å². The van der Waals surface area contributed by atoms with E-state index in [1.54, 1.807) is 10.6 Å². The highest BCUT2D eigenvalue weighted by atomic mass is 35.5. The first kappa shape index (κ1) is 16.3. The van der Waals surface area contributed by atoms with Crippen LogP contribution in [0.15, 0.2) is 27.8 Å². The van der Waals surface area contributed by atoms with Crippen LogP contribution in [-0.2, 0) is 19.5 Å². The van der Waals surface area contributed by atoms with Gasteiger partial charge in [-0.2, -0.15) is 0 Å². The zero-order chi connectivity index (χ0) is 17.7. The summed E-state index contributed by atoms with van der Waals surface area (Å²) in [5.74, 6) is -0.599. The summed E-state index contributed by atoms with van der Waals surface area (Å²) in [7, 11) is 0. The highest BCUT2D eigenvalue weighted by Crippen LogP contribution is 2.28. The van der Waals surface area contributed by atoms with Gasteiger partial charge in [0, 0.05) is 24.5 Å². The number of pyridine rings is 2. The number of nitrogens with zero attached hydrogens (tertiary/aromatic N) is 2. The van der Waals surface area contributed by atoms with Gasteiger partial charge in [-0.15, -0.1) is 0 Å². The minimum Gasteiger partial charge on any atom is -0.326 e. The van der Waals surface area contributed by atoms with E-state index in [-0.39, 0.29) is 16.0 Å². The Kier molecular flexibility index (Phi) is 3.91. The fraction of sp³-hybridized carbons (Fsp3) is 0.368. The van der Waals surface area contributed by atoms with Gasteiger partial charge in [0.15, 0.2) is 5.43 Å². The highest BCUT2D eigenvalue weighted by Gasteiger charge is 2.22. The summed E-state index contributed by atoms with van der Waals surface area (Å²) in [5, 5.41) is 0.845. The molecule has 0 radical (unpaired) electrons. The molecule has 0 unspecified atom stereocenters. The average molecular weight is 361 g/mol. The molecular formula is C19H18ClFN2O2. The van der Waals surface area contributed by atoms with Gasteiger partial charge >= 0.3 is 0 Å². The first-order chi connectivity index (χ1) is 12.0. The van der Waals surface area contributed by atoms with Gasteiger partial charge in [-0.25, -0.2) is 4.39 Å². The molecule has 0 atom stereocenters. The van der Waals surface area contributed by atoms with Gasteiger partial charge in [-0.3, -0.25) is 14.2 Å². The van der Waals surface area contributed by atoms with Gasteiger partial charge in [0.25, 0.3) is 5.56 Å². The van der Waals surface area contributed by atoms with Crippen LogP contribution in [0.4, 0.5) is 4.39 Å². The molecule has 0 N–H and O–H groups in total. The minimum absolute atomic E-state index is 0.0170. The molecule has 0 spiro atoms. The lowest BCUT2D eigenvalue weighted by atomic mass is 10.0. The number of fused-ring (bicyclic) bond motifs is 2. The van der Waals surface area contributed by atoms with Crippen LogP contribution in [0.3, 0.4) is 0 Å². The van der Waals surface area contributed by atoms with Crippen LogP contribution < -0.4 is 11.0 Å². The first-order valence-electron chi connectivity index (χ1n) is 8.61. The molecule has 0 fully saturated rings. The predicted octanol–water partition coefficient (Wildman–Crippen LogP) is 3.86. The van der Waals surface area contributed by atoms with Crippen molar-refractivity contribution in [2.24, 2.45) is 0 Å². The lowest BCUT2D eigenvalue weighted by Crippen LogP contribution is -2.30. The molecular weight excluding hydrogens is 343 g/mol. The summed E-state index contributed by atoms with van der Waals surface area (Å²) in [4.78, 5) is 25.7. The molecule has 0 amide bonds. The van der Waals surface area contributed by atoms with Crippen molar-refractivity contribution in [1.29, 1.82) is 0 Å². The van der Waals surface area contributed by atoms with Gasteiger partial charge in [0.2, 0.25) is 0 Å². The molecule has 0 bridgehead atoms. The molecule has 6 heteroatoms. The van der Waals surface area contributed by atoms with E-state index < -0.39 is 5.82 Å². The molecule has 130 valence electrons. The zero-order valence-electron chi connectivity index (χ0n) is 13.9. The fourth-order valence-corrected chi connectivity index (χ4v) is 3.95. The maximum atomic E-state index is 14.0. The Hall–Kier alpha value is -2.14. The van der Waals surface area contributed by atoms with E-state index >= 15 is 0 Å². The molecule has 4 nitrogen and oxygen atoms in total. The number of hydrogen-bond donors (Lipinski definition) is 0. The van der Waals surface area contributed by atoms with Crippen molar-refractivity contribution in [1.82, 2.24) is 9.13 Å². The largest absolute Gasteiger partial charge is 0.326 e. The first-order valence-corrected chi connectivity index (χ1v) is 8.98. The van der Waals surface area contributed by atoms with Crippen molar-refractivity contribution < 1.29 is 4.39 Å². The number of rotatable bonds is 3. The molecule has 25 heavy (non-hydrogen) atoms. The van der Waals surface area contributed by atoms with Gasteiger partial charge in [0.1, 0.15) is 11.5 Å². The fourth-order valence-electron chi connectivity index (χ4n) is 3.79. The Bertz CT molecular complexity index is 1130. The van der Waals surface area contributed by atoms with Crippen molar-refractivity contribution >= 4 is 33.5 Å². The third-order valence-electron chi connectivity index (χ3n) is 4.98. The highest BCUT2D eigenvalue weighted by molar-refractivity contribution is 6.31. The van der Waals surface area contributed by atoms with Crippen molar-refractivity contribution in [2.75, 3.05) is 0 Å². The predicted molar refractivity (Wildman–Crippen MR) is 98.2 cm³/mol. The topological polar surface area (TPSA) is 44.0 Å². The van der Waals surface area contributed by atoms with Crippen LogP contribution in [0.1, 0.15) is 31.7 Å². The van der Waals surface area contributed by atoms with E-state index in [9.17, 15) is 14.0 Å². The number of halogens is 2. The second-order valence-corrected chi connectivity index (χ2v) is 6.99. The molecule has 1 aromatic carbocycles. The van der Waals surface area contributed by atoms with Crippen LogP contribution >= 0.6 is 11.6 Å². The number of unbranched alkanes of at least 4 members (excludes halogenated alkanes) is 1. The summed E-state index contributed by atoms with van der Waals surface area (Å²) in [6, 6.07) is 4.29. The smallest absolute Gasteiger partial charge is 0.252 e. The summed E-state index contributed by atoms with van der Waals surface area (Å²) in [6.07, 6.45) is 3.31. The van der Waals surface area contributed by atoms with Crippen LogP contribution in [0.5, 0.6) is 0 Å². The third kappa shape index (κ3) is 2.41. The SMILES string of the molecule is CCCCc1cc(=O)n2c3c1c(=O)c1cc(F)c(Cl)cc1n3CCC2. The maximum Gasteiger partial charge on any atom is 0.252 e. The van der Waals surface area contributed by atoms with E-state index in [0.717, 1.165) is 24.8 Å². The molecule has 3 aromatic rings. The van der Waals surface area contributed by atoms with Crippen LogP contribution in [0.25, 0.3) is 21.9 Å². The van der Waals surface area contributed by atoms with Crippen LogP contribution in [-0.4, -0.2) is 9.13 Å². The van der Waals surface area contributed by atoms with Crippen molar-refractivity contribution in [3.8, 4) is 0 Å². The molecule has 2 aromatic heterocycles. The summed E-state index contributed by atoms with van der Waals surface area (Å²) >= 11 is 5.95. The van der Waals surface area contributed by atoms with E-state index in [4.69, 9.17) is 11.6 Å². The lowest BCUT2D eigenvalue weighted by molar-refractivity contribution is 0.523. The second-order valence-electron chi connectivity index (χ2n) is 6.58.